The Hall–Kier alpha value is -1.89. The molecule has 1 heterocycles. The molecule has 0 aliphatic heterocycles. The van der Waals surface area contributed by atoms with Crippen LogP contribution in [0, 0.1) is 15.5 Å². The van der Waals surface area contributed by atoms with Crippen molar-refractivity contribution in [1.29, 1.82) is 0 Å². The first-order valence-corrected chi connectivity index (χ1v) is 6.10. The minimum atomic E-state index is -0.886. The number of carboxylic acids is 1. The molecular weight excluding hydrogens is 274 g/mol. The average Bonchev–Trinajstić information content (AvgIpc) is 2.28. The highest BCUT2D eigenvalue weighted by Crippen LogP contribution is 2.41. The number of halogens is 1. The molecule has 0 bridgehead atoms. The second kappa shape index (κ2) is 5.00. The maximum absolute atomic E-state index is 11.2. The number of nitro groups is 1. The Balaban J connectivity index is 2.15. The fourth-order valence-electron chi connectivity index (χ4n) is 2.03. The van der Waals surface area contributed by atoms with E-state index < -0.39 is 16.3 Å². The van der Waals surface area contributed by atoms with Gasteiger partial charge < -0.3 is 10.4 Å². The van der Waals surface area contributed by atoms with E-state index in [1.165, 1.54) is 12.3 Å². The van der Waals surface area contributed by atoms with Gasteiger partial charge in [0.05, 0.1) is 15.4 Å². The van der Waals surface area contributed by atoms with Crippen LogP contribution in [0.25, 0.3) is 0 Å². The van der Waals surface area contributed by atoms with Crippen LogP contribution in [0.15, 0.2) is 12.3 Å². The van der Waals surface area contributed by atoms with E-state index in [0.717, 1.165) is 6.42 Å². The van der Waals surface area contributed by atoms with Crippen molar-refractivity contribution >= 4 is 29.1 Å². The number of carboxylic acid groups (broad SMARTS) is 1. The van der Waals surface area contributed by atoms with Gasteiger partial charge in [0, 0.05) is 18.8 Å². The van der Waals surface area contributed by atoms with Gasteiger partial charge in [-0.25, -0.2) is 4.98 Å². The minimum absolute atomic E-state index is 0.0434. The molecular formula is C11H12ClN3O4. The SMILES string of the molecule is O=C(O)C1(CNc2ncc(Cl)cc2[N+](=O)[O-])CCC1. The summed E-state index contributed by atoms with van der Waals surface area (Å²) in [5, 5.41) is 23.0. The van der Waals surface area contributed by atoms with Gasteiger partial charge >= 0.3 is 11.7 Å². The van der Waals surface area contributed by atoms with Crippen molar-refractivity contribution in [2.45, 2.75) is 19.3 Å². The van der Waals surface area contributed by atoms with Gasteiger partial charge in [-0.3, -0.25) is 14.9 Å². The Labute approximate surface area is 113 Å². The Bertz CT molecular complexity index is 531. The lowest BCUT2D eigenvalue weighted by Crippen LogP contribution is -2.43. The van der Waals surface area contributed by atoms with Crippen molar-refractivity contribution in [3.63, 3.8) is 0 Å². The summed E-state index contributed by atoms with van der Waals surface area (Å²) in [4.78, 5) is 25.3. The van der Waals surface area contributed by atoms with Crippen LogP contribution < -0.4 is 5.32 Å². The Morgan fingerprint density at radius 1 is 1.63 bits per heavy atom. The lowest BCUT2D eigenvalue weighted by molar-refractivity contribution is -0.384. The van der Waals surface area contributed by atoms with E-state index in [-0.39, 0.29) is 23.1 Å². The molecule has 0 unspecified atom stereocenters. The number of aliphatic carboxylic acids is 1. The van der Waals surface area contributed by atoms with E-state index >= 15 is 0 Å². The molecule has 8 heteroatoms. The third-order valence-corrected chi connectivity index (χ3v) is 3.60. The highest BCUT2D eigenvalue weighted by atomic mass is 35.5. The third-order valence-electron chi connectivity index (χ3n) is 3.39. The molecule has 0 atom stereocenters. The van der Waals surface area contributed by atoms with E-state index in [1.54, 1.807) is 0 Å². The minimum Gasteiger partial charge on any atom is -0.481 e. The molecule has 1 aliphatic rings. The van der Waals surface area contributed by atoms with Gasteiger partial charge in [0.15, 0.2) is 0 Å². The summed E-state index contributed by atoms with van der Waals surface area (Å²) in [6, 6.07) is 1.19. The maximum atomic E-state index is 11.2. The van der Waals surface area contributed by atoms with Crippen molar-refractivity contribution in [3.05, 3.63) is 27.4 Å². The van der Waals surface area contributed by atoms with Crippen molar-refractivity contribution < 1.29 is 14.8 Å². The molecule has 0 aromatic carbocycles. The van der Waals surface area contributed by atoms with Crippen LogP contribution in [0.2, 0.25) is 5.02 Å². The van der Waals surface area contributed by atoms with Crippen LogP contribution in [0.4, 0.5) is 11.5 Å². The van der Waals surface area contributed by atoms with Crippen molar-refractivity contribution in [3.8, 4) is 0 Å². The molecule has 0 saturated heterocycles. The zero-order chi connectivity index (χ0) is 14.0. The van der Waals surface area contributed by atoms with Crippen LogP contribution in [0.5, 0.6) is 0 Å². The summed E-state index contributed by atoms with van der Waals surface area (Å²) in [6.07, 6.45) is 3.27. The van der Waals surface area contributed by atoms with E-state index in [0.29, 0.717) is 12.8 Å². The molecule has 1 aliphatic carbocycles. The number of hydrogen-bond acceptors (Lipinski definition) is 5. The zero-order valence-electron chi connectivity index (χ0n) is 9.93. The van der Waals surface area contributed by atoms with Gasteiger partial charge in [-0.15, -0.1) is 0 Å². The molecule has 0 amide bonds. The van der Waals surface area contributed by atoms with Crippen molar-refractivity contribution in [2.75, 3.05) is 11.9 Å². The molecule has 7 nitrogen and oxygen atoms in total. The number of nitrogens with zero attached hydrogens (tertiary/aromatic N) is 2. The lowest BCUT2D eigenvalue weighted by atomic mass is 9.69. The summed E-state index contributed by atoms with van der Waals surface area (Å²) in [6.45, 7) is 0.123. The van der Waals surface area contributed by atoms with Gasteiger partial charge in [0.25, 0.3) is 0 Å². The molecule has 2 N–H and O–H groups in total. The van der Waals surface area contributed by atoms with Crippen LogP contribution >= 0.6 is 11.6 Å². The molecule has 2 rings (SSSR count). The smallest absolute Gasteiger partial charge is 0.312 e. The highest BCUT2D eigenvalue weighted by Gasteiger charge is 2.44. The third kappa shape index (κ3) is 2.60. The van der Waals surface area contributed by atoms with Gasteiger partial charge in [-0.2, -0.15) is 0 Å². The summed E-state index contributed by atoms with van der Waals surface area (Å²) in [7, 11) is 0. The number of aromatic nitrogens is 1. The predicted molar refractivity (Wildman–Crippen MR) is 68.3 cm³/mol. The zero-order valence-corrected chi connectivity index (χ0v) is 10.7. The largest absolute Gasteiger partial charge is 0.481 e. The summed E-state index contributed by atoms with van der Waals surface area (Å²) < 4.78 is 0. The average molecular weight is 286 g/mol. The Morgan fingerprint density at radius 2 is 2.32 bits per heavy atom. The van der Waals surface area contributed by atoms with Crippen LogP contribution in [0.1, 0.15) is 19.3 Å². The first kappa shape index (κ1) is 13.5. The number of hydrogen-bond donors (Lipinski definition) is 2. The molecule has 1 aromatic rings. The van der Waals surface area contributed by atoms with Crippen LogP contribution in [-0.4, -0.2) is 27.5 Å². The number of nitrogens with one attached hydrogen (secondary N) is 1. The summed E-state index contributed by atoms with van der Waals surface area (Å²) in [5.41, 5.74) is -1.10. The Kier molecular flexibility index (Phi) is 3.57. The summed E-state index contributed by atoms with van der Waals surface area (Å²) in [5.74, 6) is -0.843. The van der Waals surface area contributed by atoms with Gasteiger partial charge in [-0.05, 0) is 12.8 Å². The number of carbonyl (C=O) groups is 1. The summed E-state index contributed by atoms with van der Waals surface area (Å²) >= 11 is 5.65. The maximum Gasteiger partial charge on any atom is 0.312 e. The van der Waals surface area contributed by atoms with E-state index in [4.69, 9.17) is 16.7 Å². The quantitative estimate of drug-likeness (QED) is 0.635. The standard InChI is InChI=1S/C11H12ClN3O4/c12-7-4-8(15(18)19)9(13-5-7)14-6-11(10(16)17)2-1-3-11/h4-5H,1-3,6H2,(H,13,14)(H,16,17). The molecule has 102 valence electrons. The highest BCUT2D eigenvalue weighted by molar-refractivity contribution is 6.30. The molecule has 0 spiro atoms. The fraction of sp³-hybridized carbons (Fsp3) is 0.455. The van der Waals surface area contributed by atoms with Crippen molar-refractivity contribution in [1.82, 2.24) is 4.98 Å². The fourth-order valence-corrected chi connectivity index (χ4v) is 2.18. The van der Waals surface area contributed by atoms with Gasteiger partial charge in [-0.1, -0.05) is 18.0 Å². The van der Waals surface area contributed by atoms with Gasteiger partial charge in [0.2, 0.25) is 5.82 Å². The Morgan fingerprint density at radius 3 is 2.79 bits per heavy atom. The number of anilines is 1. The topological polar surface area (TPSA) is 105 Å². The van der Waals surface area contributed by atoms with E-state index in [2.05, 4.69) is 10.3 Å². The number of pyridine rings is 1. The second-order valence-corrected chi connectivity index (χ2v) is 5.01. The lowest BCUT2D eigenvalue weighted by Gasteiger charge is -2.37. The molecule has 1 fully saturated rings. The molecule has 0 radical (unpaired) electrons. The number of rotatable bonds is 5. The van der Waals surface area contributed by atoms with Gasteiger partial charge in [0.1, 0.15) is 0 Å². The molecule has 1 saturated carbocycles. The first-order chi connectivity index (χ1) is 8.94. The normalized spacial score (nSPS) is 16.5. The van der Waals surface area contributed by atoms with Crippen LogP contribution in [-0.2, 0) is 4.79 Å². The first-order valence-electron chi connectivity index (χ1n) is 5.72. The monoisotopic (exact) mass is 285 g/mol. The molecule has 19 heavy (non-hydrogen) atoms. The van der Waals surface area contributed by atoms with Crippen molar-refractivity contribution in [2.24, 2.45) is 5.41 Å². The van der Waals surface area contributed by atoms with Crippen LogP contribution in [0.3, 0.4) is 0 Å². The molecule has 1 aromatic heterocycles. The van der Waals surface area contributed by atoms with E-state index in [1.807, 2.05) is 0 Å². The van der Waals surface area contributed by atoms with E-state index in [9.17, 15) is 14.9 Å². The second-order valence-electron chi connectivity index (χ2n) is 4.57. The predicted octanol–water partition coefficient (Wildman–Crippen LogP) is 2.31.